The highest BCUT2D eigenvalue weighted by Gasteiger charge is 2.26. The molecule has 2 aromatic heterocycles. The predicted molar refractivity (Wildman–Crippen MR) is 172 cm³/mol. The fourth-order valence-electron chi connectivity index (χ4n) is 5.91. The van der Waals surface area contributed by atoms with Crippen molar-refractivity contribution < 1.29 is 0 Å². The van der Waals surface area contributed by atoms with Gasteiger partial charge in [-0.2, -0.15) is 0 Å². The molecular formula is C31H20N12. The summed E-state index contributed by atoms with van der Waals surface area (Å²) in [6.07, 6.45) is 10.4. The van der Waals surface area contributed by atoms with Crippen molar-refractivity contribution in [3.8, 4) is 0 Å². The van der Waals surface area contributed by atoms with Crippen LogP contribution in [0.4, 0.5) is 11.4 Å². The first-order valence-corrected chi connectivity index (χ1v) is 13.3. The Morgan fingerprint density at radius 3 is 1.77 bits per heavy atom. The molecule has 0 amide bonds. The van der Waals surface area contributed by atoms with Crippen LogP contribution < -0.4 is 5.32 Å². The quantitative estimate of drug-likeness (QED) is 0.102. The van der Waals surface area contributed by atoms with Gasteiger partial charge in [0.05, 0.1) is 16.7 Å². The van der Waals surface area contributed by atoms with E-state index in [0.29, 0.717) is 6.42 Å². The highest BCUT2D eigenvalue weighted by Crippen LogP contribution is 2.47. The number of fused-ring (bicyclic) bond motifs is 11. The Morgan fingerprint density at radius 1 is 0.628 bits per heavy atom. The minimum Gasteiger partial charge on any atom is -0.354 e. The summed E-state index contributed by atoms with van der Waals surface area (Å²) < 4.78 is 0. The third-order valence-corrected chi connectivity index (χ3v) is 7.66. The maximum Gasteiger partial charge on any atom is 0.0587 e. The standard InChI is InChI=1S/C31H20N12/c32-41-35-10-7-17-1-4-24-20(13-17)16-23-29(38-24)27-22-15-19(9-12-37-43-34)3-6-26(22)40-31(27)28-21-14-18(8-11-36-42-33)2-5-25(21)39-30(23)28/h1-15,38-40H,16H2/b10-7+,11-8+,12-9+. The Labute approximate surface area is 242 Å². The van der Waals surface area contributed by atoms with E-state index >= 15 is 0 Å². The third-order valence-electron chi connectivity index (χ3n) is 7.66. The lowest BCUT2D eigenvalue weighted by molar-refractivity contribution is 1.17. The molecule has 6 aromatic rings. The average Bonchev–Trinajstić information content (AvgIpc) is 3.59. The van der Waals surface area contributed by atoms with Gasteiger partial charge >= 0.3 is 0 Å². The lowest BCUT2D eigenvalue weighted by Gasteiger charge is -2.24. The number of hydrogen-bond acceptors (Lipinski definition) is 4. The highest BCUT2D eigenvalue weighted by molar-refractivity contribution is 6.30. The van der Waals surface area contributed by atoms with E-state index < -0.39 is 0 Å². The fourth-order valence-corrected chi connectivity index (χ4v) is 5.91. The van der Waals surface area contributed by atoms with Crippen molar-refractivity contribution >= 4 is 73.2 Å². The van der Waals surface area contributed by atoms with E-state index in [4.69, 9.17) is 16.6 Å². The van der Waals surface area contributed by atoms with E-state index in [9.17, 15) is 0 Å². The molecule has 0 radical (unpaired) electrons. The summed E-state index contributed by atoms with van der Waals surface area (Å²) in [5, 5.41) is 18.5. The number of H-pyrrole nitrogens is 2. The molecule has 0 unspecified atom stereocenters. The molecule has 0 bridgehead atoms. The minimum atomic E-state index is 0.674. The average molecular weight is 561 g/mol. The Balaban J connectivity index is 1.53. The van der Waals surface area contributed by atoms with Gasteiger partial charge < -0.3 is 15.3 Å². The molecular weight excluding hydrogens is 540 g/mol. The molecule has 0 saturated carbocycles. The first kappa shape index (κ1) is 25.4. The summed E-state index contributed by atoms with van der Waals surface area (Å²) in [6, 6.07) is 18.3. The van der Waals surface area contributed by atoms with Crippen molar-refractivity contribution in [3.63, 3.8) is 0 Å². The van der Waals surface area contributed by atoms with Gasteiger partial charge in [0.25, 0.3) is 0 Å². The van der Waals surface area contributed by atoms with Crippen LogP contribution in [0.25, 0.3) is 93.2 Å². The van der Waals surface area contributed by atoms with Crippen molar-refractivity contribution in [1.29, 1.82) is 0 Å². The number of benzene rings is 4. The SMILES string of the molecule is [N-]=[N+]=N/C=C/c1ccc2c(c1)Cc1c(c3c4cc(/C=C/N=[N+]=[N-])ccc4[nH]c3c3c1[nH]c1ccc(/C=C/N=[N+]=[N-])cc13)N2. The minimum absolute atomic E-state index is 0.674. The van der Waals surface area contributed by atoms with Crippen molar-refractivity contribution in [2.45, 2.75) is 6.42 Å². The first-order valence-electron chi connectivity index (χ1n) is 13.3. The van der Waals surface area contributed by atoms with Crippen molar-refractivity contribution in [1.82, 2.24) is 9.97 Å². The molecule has 3 heterocycles. The van der Waals surface area contributed by atoms with E-state index in [1.165, 1.54) is 18.6 Å². The van der Waals surface area contributed by atoms with Crippen molar-refractivity contribution in [2.24, 2.45) is 15.3 Å². The van der Waals surface area contributed by atoms with E-state index in [0.717, 1.165) is 82.8 Å². The van der Waals surface area contributed by atoms with Crippen LogP contribution in [0.5, 0.6) is 0 Å². The molecule has 12 heteroatoms. The second-order valence-corrected chi connectivity index (χ2v) is 9.99. The van der Waals surface area contributed by atoms with Crippen LogP contribution in [0.3, 0.4) is 0 Å². The monoisotopic (exact) mass is 560 g/mol. The Kier molecular flexibility index (Phi) is 6.17. The van der Waals surface area contributed by atoms with Gasteiger partial charge in [-0.1, -0.05) is 51.8 Å². The van der Waals surface area contributed by atoms with Gasteiger partial charge in [0, 0.05) is 83.6 Å². The van der Waals surface area contributed by atoms with Crippen molar-refractivity contribution in [3.05, 3.63) is 132 Å². The van der Waals surface area contributed by atoms with Crippen LogP contribution in [-0.4, -0.2) is 9.97 Å². The molecule has 3 N–H and O–H groups in total. The van der Waals surface area contributed by atoms with Crippen LogP contribution >= 0.6 is 0 Å². The summed E-state index contributed by atoms with van der Waals surface area (Å²) in [5.41, 5.74) is 37.0. The third kappa shape index (κ3) is 4.35. The summed E-state index contributed by atoms with van der Waals surface area (Å²) in [5.74, 6) is 0. The van der Waals surface area contributed by atoms with Gasteiger partial charge in [-0.05, 0) is 75.2 Å². The molecule has 0 atom stereocenters. The van der Waals surface area contributed by atoms with Gasteiger partial charge in [-0.25, -0.2) is 0 Å². The largest absolute Gasteiger partial charge is 0.354 e. The fraction of sp³-hybridized carbons (Fsp3) is 0.0323. The molecule has 1 aliphatic heterocycles. The zero-order chi connectivity index (χ0) is 29.3. The van der Waals surface area contributed by atoms with Gasteiger partial charge in [0.15, 0.2) is 0 Å². The summed E-state index contributed by atoms with van der Waals surface area (Å²) >= 11 is 0. The van der Waals surface area contributed by atoms with E-state index in [-0.39, 0.29) is 0 Å². The van der Waals surface area contributed by atoms with Crippen LogP contribution in [0.2, 0.25) is 0 Å². The predicted octanol–water partition coefficient (Wildman–Crippen LogP) is 10.4. The molecule has 0 spiro atoms. The zero-order valence-corrected chi connectivity index (χ0v) is 22.4. The Bertz CT molecular complexity index is 2370. The molecule has 7 rings (SSSR count). The van der Waals surface area contributed by atoms with Gasteiger partial charge in [-0.15, -0.1) is 0 Å². The summed E-state index contributed by atoms with van der Waals surface area (Å²) in [7, 11) is 0. The lowest BCUT2D eigenvalue weighted by Crippen LogP contribution is -2.08. The normalized spacial score (nSPS) is 12.5. The topological polar surface area (TPSA) is 190 Å². The smallest absolute Gasteiger partial charge is 0.0587 e. The van der Waals surface area contributed by atoms with Gasteiger partial charge in [0.2, 0.25) is 0 Å². The number of hydrogen-bond donors (Lipinski definition) is 3. The summed E-state index contributed by atoms with van der Waals surface area (Å²) in [4.78, 5) is 15.8. The first-order chi connectivity index (χ1) is 21.2. The maximum absolute atomic E-state index is 8.70. The number of nitrogens with one attached hydrogen (secondary N) is 3. The van der Waals surface area contributed by atoms with Crippen LogP contribution in [0.1, 0.15) is 27.8 Å². The molecule has 4 aromatic carbocycles. The second-order valence-electron chi connectivity index (χ2n) is 9.99. The molecule has 1 aliphatic rings. The molecule has 12 nitrogen and oxygen atoms in total. The van der Waals surface area contributed by atoms with E-state index in [1.807, 2.05) is 36.4 Å². The van der Waals surface area contributed by atoms with Crippen LogP contribution in [0.15, 0.2) is 88.5 Å². The molecule has 0 aliphatic carbocycles. The number of anilines is 2. The molecule has 204 valence electrons. The van der Waals surface area contributed by atoms with Crippen LogP contribution in [0, 0.1) is 0 Å². The van der Waals surface area contributed by atoms with E-state index in [2.05, 4.69) is 63.6 Å². The molecule has 0 saturated heterocycles. The zero-order valence-electron chi connectivity index (χ0n) is 22.4. The Hall–Kier alpha value is -6.57. The maximum atomic E-state index is 8.70. The van der Waals surface area contributed by atoms with Crippen LogP contribution in [-0.2, 0) is 6.42 Å². The molecule has 43 heavy (non-hydrogen) atoms. The lowest BCUT2D eigenvalue weighted by atomic mass is 9.91. The molecule has 0 fully saturated rings. The summed E-state index contributed by atoms with van der Waals surface area (Å²) in [6.45, 7) is 0. The number of aromatic nitrogens is 2. The van der Waals surface area contributed by atoms with Crippen molar-refractivity contribution in [2.75, 3.05) is 5.32 Å². The number of rotatable bonds is 6. The number of azide groups is 3. The second kappa shape index (κ2) is 10.4. The Morgan fingerprint density at radius 2 is 1.16 bits per heavy atom. The van der Waals surface area contributed by atoms with Gasteiger partial charge in [0.1, 0.15) is 0 Å². The van der Waals surface area contributed by atoms with E-state index in [1.54, 1.807) is 18.2 Å². The van der Waals surface area contributed by atoms with Gasteiger partial charge in [-0.3, -0.25) is 0 Å². The number of aromatic amines is 2. The highest BCUT2D eigenvalue weighted by atomic mass is 15.1. The number of nitrogens with zero attached hydrogens (tertiary/aromatic N) is 9.